The summed E-state index contributed by atoms with van der Waals surface area (Å²) in [5.41, 5.74) is 4.00. The molecule has 0 aliphatic carbocycles. The molecule has 0 bridgehead atoms. The van der Waals surface area contributed by atoms with E-state index in [0.29, 0.717) is 11.0 Å². The lowest BCUT2D eigenvalue weighted by molar-refractivity contribution is -0.149. The summed E-state index contributed by atoms with van der Waals surface area (Å²) < 4.78 is 37.5. The Hall–Kier alpha value is -3.50. The Kier molecular flexibility index (Phi) is 8.27. The number of aromatic nitrogens is 3. The molecule has 0 spiro atoms. The number of carbonyl (C=O) groups excluding carboxylic acids is 1. The monoisotopic (exact) mass is 559 g/mol. The number of hydrogen-bond acceptors (Lipinski definition) is 11. The smallest absolute Gasteiger partial charge is 0.459 e. The van der Waals surface area contributed by atoms with E-state index in [9.17, 15) is 19.6 Å². The first-order chi connectivity index (χ1) is 18.5. The third-order valence-corrected chi connectivity index (χ3v) is 7.59. The van der Waals surface area contributed by atoms with Crippen LogP contribution in [0.1, 0.15) is 27.0 Å². The summed E-state index contributed by atoms with van der Waals surface area (Å²) in [4.78, 5) is 20.5. The molecule has 0 saturated carbocycles. The molecule has 6 atom stereocenters. The largest absolute Gasteiger partial charge is 0.462 e. The molecule has 208 valence electrons. The van der Waals surface area contributed by atoms with Gasteiger partial charge in [0.2, 0.25) is 0 Å². The molecule has 4 rings (SSSR count). The summed E-state index contributed by atoms with van der Waals surface area (Å²) >= 11 is 0. The van der Waals surface area contributed by atoms with E-state index >= 15 is 0 Å². The first-order valence-corrected chi connectivity index (χ1v) is 13.6. The van der Waals surface area contributed by atoms with Crippen molar-refractivity contribution >= 4 is 30.6 Å². The molecule has 2 aromatic heterocycles. The topological polar surface area (TPSA) is 180 Å². The second-order valence-corrected chi connectivity index (χ2v) is 10.9. The van der Waals surface area contributed by atoms with E-state index in [0.717, 1.165) is 0 Å². The van der Waals surface area contributed by atoms with Gasteiger partial charge >= 0.3 is 13.7 Å². The average molecular weight is 560 g/mol. The van der Waals surface area contributed by atoms with Gasteiger partial charge in [-0.25, -0.2) is 14.5 Å². The number of carbonyl (C=O) groups is 1. The lowest BCUT2D eigenvalue weighted by Gasteiger charge is -2.26. The minimum atomic E-state index is -4.27. The minimum absolute atomic E-state index is 0.194. The van der Waals surface area contributed by atoms with Crippen LogP contribution in [0.25, 0.3) is 11.0 Å². The summed E-state index contributed by atoms with van der Waals surface area (Å²) in [6.07, 6.45) is 3.75. The molecule has 3 heterocycles. The van der Waals surface area contributed by atoms with Gasteiger partial charge in [0.25, 0.3) is 0 Å². The molecular weight excluding hydrogens is 529 g/mol. The van der Waals surface area contributed by atoms with Crippen LogP contribution in [0, 0.1) is 12.3 Å². The van der Waals surface area contributed by atoms with E-state index < -0.39 is 56.5 Å². The zero-order valence-electron chi connectivity index (χ0n) is 21.5. The number of terminal acetylenes is 1. The Morgan fingerprint density at radius 1 is 1.31 bits per heavy atom. The molecule has 14 heteroatoms. The van der Waals surface area contributed by atoms with Crippen molar-refractivity contribution in [3.63, 3.8) is 0 Å². The average Bonchev–Trinajstić information content (AvgIpc) is 3.43. The van der Waals surface area contributed by atoms with Crippen LogP contribution < -0.4 is 15.3 Å². The normalized spacial score (nSPS) is 25.2. The zero-order chi connectivity index (χ0) is 28.4. The molecule has 13 nitrogen and oxygen atoms in total. The second kappa shape index (κ2) is 11.3. The number of nitrogens with zero attached hydrogens (tertiary/aromatic N) is 3. The van der Waals surface area contributed by atoms with Gasteiger partial charge in [-0.2, -0.15) is 5.09 Å². The summed E-state index contributed by atoms with van der Waals surface area (Å²) in [7, 11) is -4.27. The summed E-state index contributed by atoms with van der Waals surface area (Å²) in [6, 6.07) is 8.70. The Morgan fingerprint density at radius 2 is 2.03 bits per heavy atom. The van der Waals surface area contributed by atoms with E-state index in [1.165, 1.54) is 24.0 Å². The number of benzene rings is 1. The fourth-order valence-electron chi connectivity index (χ4n) is 4.02. The van der Waals surface area contributed by atoms with E-state index in [4.69, 9.17) is 30.7 Å². The molecule has 0 amide bonds. The molecule has 1 aliphatic rings. The molecule has 1 aromatic carbocycles. The zero-order valence-corrected chi connectivity index (χ0v) is 22.4. The van der Waals surface area contributed by atoms with Crippen LogP contribution in [0.3, 0.4) is 0 Å². The number of rotatable bonds is 10. The fraction of sp³-hybridized carbons (Fsp3) is 0.400. The molecular formula is C25H30N5O8P. The van der Waals surface area contributed by atoms with Crippen LogP contribution in [0.15, 0.2) is 48.9 Å². The van der Waals surface area contributed by atoms with Gasteiger partial charge < -0.3 is 34.5 Å². The standard InChI is InChI=1S/C25H30N5O8P/c1-5-25(33)20(31)19(37-24(25)30-12-11-18-21(26)27-14-28-22(18)30)13-35-39(34,38-17-9-7-6-8-10-17)29-16(4)23(32)36-15(2)3/h1,6-12,14-16,19-20,24,31,33H,13H2,2-4H3,(H,29,34)(H2,26,27,28)/t16-,19+,20+,24+,25+,39?/m0/s1. The van der Waals surface area contributed by atoms with Gasteiger partial charge in [0, 0.05) is 6.20 Å². The summed E-state index contributed by atoms with van der Waals surface area (Å²) in [6.45, 7) is 4.25. The van der Waals surface area contributed by atoms with Crippen LogP contribution in [0.4, 0.5) is 5.82 Å². The molecule has 39 heavy (non-hydrogen) atoms. The lowest BCUT2D eigenvalue weighted by Crippen LogP contribution is -2.46. The molecule has 1 aliphatic heterocycles. The third-order valence-electron chi connectivity index (χ3n) is 5.94. The SMILES string of the molecule is C#C[C@@]1(O)[C@H](O)[C@@H](COP(=O)(N[C@@H](C)C(=O)OC(C)C)Oc2ccccc2)O[C@H]1n1ccc2c(N)ncnc21. The summed E-state index contributed by atoms with van der Waals surface area (Å²) in [5.74, 6) is 1.92. The summed E-state index contributed by atoms with van der Waals surface area (Å²) in [5, 5.41) is 25.2. The Morgan fingerprint density at radius 3 is 2.69 bits per heavy atom. The highest BCUT2D eigenvalue weighted by Crippen LogP contribution is 2.47. The number of fused-ring (bicyclic) bond motifs is 1. The predicted molar refractivity (Wildman–Crippen MR) is 140 cm³/mol. The number of nitrogens with one attached hydrogen (secondary N) is 1. The van der Waals surface area contributed by atoms with Crippen molar-refractivity contribution in [3.05, 3.63) is 48.9 Å². The number of aliphatic hydroxyl groups is 2. The van der Waals surface area contributed by atoms with Crippen molar-refractivity contribution in [3.8, 4) is 18.1 Å². The number of esters is 1. The van der Waals surface area contributed by atoms with Crippen LogP contribution in [-0.4, -0.2) is 67.3 Å². The van der Waals surface area contributed by atoms with Crippen molar-refractivity contribution in [1.82, 2.24) is 19.6 Å². The quantitative estimate of drug-likeness (QED) is 0.161. The number of para-hydroxylation sites is 1. The Balaban J connectivity index is 1.57. The van der Waals surface area contributed by atoms with Gasteiger partial charge in [0.1, 0.15) is 41.8 Å². The molecule has 1 fully saturated rings. The number of nitrogens with two attached hydrogens (primary N) is 1. The lowest BCUT2D eigenvalue weighted by atomic mass is 9.95. The van der Waals surface area contributed by atoms with Gasteiger partial charge in [0.05, 0.1) is 18.1 Å². The predicted octanol–water partition coefficient (Wildman–Crippen LogP) is 1.77. The van der Waals surface area contributed by atoms with Crippen molar-refractivity contribution in [1.29, 1.82) is 0 Å². The van der Waals surface area contributed by atoms with Crippen molar-refractivity contribution < 1.29 is 38.1 Å². The second-order valence-electron chi connectivity index (χ2n) is 9.19. The van der Waals surface area contributed by atoms with Gasteiger partial charge in [0.15, 0.2) is 11.8 Å². The van der Waals surface area contributed by atoms with E-state index in [2.05, 4.69) is 21.0 Å². The highest BCUT2D eigenvalue weighted by Gasteiger charge is 2.56. The van der Waals surface area contributed by atoms with Crippen molar-refractivity contribution in [2.75, 3.05) is 12.3 Å². The maximum Gasteiger partial charge on any atom is 0.459 e. The number of anilines is 1. The highest BCUT2D eigenvalue weighted by atomic mass is 31.2. The Bertz CT molecular complexity index is 1410. The van der Waals surface area contributed by atoms with Gasteiger partial charge in [-0.1, -0.05) is 24.1 Å². The highest BCUT2D eigenvalue weighted by molar-refractivity contribution is 7.52. The van der Waals surface area contributed by atoms with Gasteiger partial charge in [-0.15, -0.1) is 6.42 Å². The number of hydrogen-bond donors (Lipinski definition) is 4. The molecule has 0 radical (unpaired) electrons. The van der Waals surface area contributed by atoms with Gasteiger partial charge in [-0.05, 0) is 39.0 Å². The van der Waals surface area contributed by atoms with E-state index in [-0.39, 0.29) is 11.6 Å². The third kappa shape index (κ3) is 5.91. The maximum absolute atomic E-state index is 13.8. The number of aliphatic hydroxyl groups excluding tert-OH is 1. The van der Waals surface area contributed by atoms with E-state index in [1.54, 1.807) is 50.2 Å². The van der Waals surface area contributed by atoms with Crippen molar-refractivity contribution in [2.45, 2.75) is 57.0 Å². The number of ether oxygens (including phenoxy) is 2. The molecule has 5 N–H and O–H groups in total. The molecule has 1 saturated heterocycles. The van der Waals surface area contributed by atoms with Crippen LogP contribution in [-0.2, 0) is 23.4 Å². The molecule has 1 unspecified atom stereocenters. The fourth-order valence-corrected chi connectivity index (χ4v) is 5.53. The van der Waals surface area contributed by atoms with Crippen molar-refractivity contribution in [2.24, 2.45) is 0 Å². The Labute approximate surface area is 224 Å². The molecule has 3 aromatic rings. The number of nitrogen functional groups attached to an aromatic ring is 1. The first-order valence-electron chi connectivity index (χ1n) is 12.1. The van der Waals surface area contributed by atoms with E-state index in [1.807, 2.05) is 0 Å². The maximum atomic E-state index is 13.8. The van der Waals surface area contributed by atoms with Crippen LogP contribution in [0.2, 0.25) is 0 Å². The van der Waals surface area contributed by atoms with Gasteiger partial charge in [-0.3, -0.25) is 9.32 Å². The van der Waals surface area contributed by atoms with Crippen LogP contribution in [0.5, 0.6) is 5.75 Å². The minimum Gasteiger partial charge on any atom is -0.462 e. The first kappa shape index (κ1) is 28.5. The van der Waals surface area contributed by atoms with Crippen LogP contribution >= 0.6 is 7.75 Å².